The first-order valence-corrected chi connectivity index (χ1v) is 5.95. The lowest BCUT2D eigenvalue weighted by Crippen LogP contribution is -2.16. The minimum Gasteiger partial charge on any atom is -0.330 e. The fourth-order valence-electron chi connectivity index (χ4n) is 1.99. The fourth-order valence-corrected chi connectivity index (χ4v) is 1.99. The molecule has 0 radical (unpaired) electrons. The van der Waals surface area contributed by atoms with Crippen molar-refractivity contribution < 1.29 is 0 Å². The van der Waals surface area contributed by atoms with Gasteiger partial charge in [-0.25, -0.2) is 0 Å². The molecule has 4 nitrogen and oxygen atoms in total. The highest BCUT2D eigenvalue weighted by molar-refractivity contribution is 5.34. The van der Waals surface area contributed by atoms with E-state index in [4.69, 9.17) is 5.73 Å². The fraction of sp³-hybridized carbons (Fsp3) is 0.385. The summed E-state index contributed by atoms with van der Waals surface area (Å²) >= 11 is 0. The molecule has 0 saturated heterocycles. The topological polar surface area (TPSA) is 56.7 Å². The lowest BCUT2D eigenvalue weighted by atomic mass is 10.1. The number of nitrogens with two attached hydrogens (primary N) is 1. The Hall–Kier alpha value is -1.68. The molecule has 0 aliphatic carbocycles. The van der Waals surface area contributed by atoms with Gasteiger partial charge in [-0.3, -0.25) is 4.57 Å². The van der Waals surface area contributed by atoms with Gasteiger partial charge in [-0.15, -0.1) is 10.2 Å². The van der Waals surface area contributed by atoms with Gasteiger partial charge in [0, 0.05) is 18.2 Å². The average molecular weight is 230 g/mol. The van der Waals surface area contributed by atoms with Gasteiger partial charge in [-0.2, -0.15) is 0 Å². The summed E-state index contributed by atoms with van der Waals surface area (Å²) < 4.78 is 2.08. The Morgan fingerprint density at radius 3 is 2.53 bits per heavy atom. The van der Waals surface area contributed by atoms with Crippen LogP contribution in [0.1, 0.15) is 30.9 Å². The van der Waals surface area contributed by atoms with E-state index in [0.29, 0.717) is 6.54 Å². The van der Waals surface area contributed by atoms with E-state index in [1.165, 1.54) is 0 Å². The van der Waals surface area contributed by atoms with Gasteiger partial charge in [0.2, 0.25) is 0 Å². The van der Waals surface area contributed by atoms with Crippen LogP contribution in [0.5, 0.6) is 0 Å². The molecular weight excluding hydrogens is 212 g/mol. The van der Waals surface area contributed by atoms with Crippen LogP contribution < -0.4 is 5.73 Å². The Kier molecular flexibility index (Phi) is 3.54. The second-order valence-electron chi connectivity index (χ2n) is 4.12. The second-order valence-corrected chi connectivity index (χ2v) is 4.12. The minimum absolute atomic E-state index is 0.261. The Morgan fingerprint density at radius 2 is 1.94 bits per heavy atom. The number of benzene rings is 1. The lowest BCUT2D eigenvalue weighted by Gasteiger charge is -2.14. The smallest absolute Gasteiger partial charge is 0.141 e. The summed E-state index contributed by atoms with van der Waals surface area (Å²) in [5.41, 5.74) is 6.88. The predicted molar refractivity (Wildman–Crippen MR) is 68.2 cm³/mol. The molecule has 0 amide bonds. The van der Waals surface area contributed by atoms with E-state index < -0.39 is 0 Å². The van der Waals surface area contributed by atoms with Crippen molar-refractivity contribution in [2.45, 2.75) is 26.2 Å². The molecule has 1 heterocycles. The van der Waals surface area contributed by atoms with Gasteiger partial charge >= 0.3 is 0 Å². The molecule has 4 heteroatoms. The predicted octanol–water partition coefficient (Wildman–Crippen LogP) is 2.03. The zero-order valence-electron chi connectivity index (χ0n) is 10.3. The molecule has 1 aromatic carbocycles. The van der Waals surface area contributed by atoms with E-state index >= 15 is 0 Å². The first-order chi connectivity index (χ1) is 8.27. The van der Waals surface area contributed by atoms with Crippen molar-refractivity contribution in [2.75, 3.05) is 6.54 Å². The number of hydrogen-bond acceptors (Lipinski definition) is 3. The van der Waals surface area contributed by atoms with Crippen molar-refractivity contribution in [1.29, 1.82) is 0 Å². The monoisotopic (exact) mass is 230 g/mol. The number of aromatic nitrogens is 3. The minimum atomic E-state index is 0.261. The zero-order valence-corrected chi connectivity index (χ0v) is 10.3. The van der Waals surface area contributed by atoms with Gasteiger partial charge in [-0.1, -0.05) is 25.1 Å². The molecule has 1 atom stereocenters. The van der Waals surface area contributed by atoms with Crippen molar-refractivity contribution in [3.05, 3.63) is 42.0 Å². The quantitative estimate of drug-likeness (QED) is 0.874. The molecule has 0 aliphatic rings. The maximum atomic E-state index is 5.79. The Balaban J connectivity index is 2.50. The van der Waals surface area contributed by atoms with Crippen LogP contribution in [-0.4, -0.2) is 21.3 Å². The molecule has 2 N–H and O–H groups in total. The molecule has 0 aliphatic heterocycles. The van der Waals surface area contributed by atoms with Crippen LogP contribution in [0.2, 0.25) is 0 Å². The first kappa shape index (κ1) is 11.8. The van der Waals surface area contributed by atoms with E-state index in [0.717, 1.165) is 23.8 Å². The van der Waals surface area contributed by atoms with E-state index in [2.05, 4.69) is 33.8 Å². The Morgan fingerprint density at radius 1 is 1.24 bits per heavy atom. The molecule has 0 bridgehead atoms. The van der Waals surface area contributed by atoms with Gasteiger partial charge in [-0.05, 0) is 25.5 Å². The van der Waals surface area contributed by atoms with Crippen LogP contribution in [0.25, 0.3) is 5.69 Å². The Bertz CT molecular complexity index is 471. The number of rotatable bonds is 4. The third-order valence-corrected chi connectivity index (χ3v) is 3.01. The van der Waals surface area contributed by atoms with Crippen LogP contribution in [0, 0.1) is 6.92 Å². The van der Waals surface area contributed by atoms with E-state index in [1.54, 1.807) is 0 Å². The molecule has 0 spiro atoms. The van der Waals surface area contributed by atoms with Crippen molar-refractivity contribution >= 4 is 0 Å². The average Bonchev–Trinajstić information content (AvgIpc) is 2.74. The van der Waals surface area contributed by atoms with Crippen LogP contribution in [0.4, 0.5) is 0 Å². The summed E-state index contributed by atoms with van der Waals surface area (Å²) in [7, 11) is 0. The number of nitrogens with zero attached hydrogens (tertiary/aromatic N) is 3. The molecule has 0 saturated carbocycles. The van der Waals surface area contributed by atoms with E-state index in [9.17, 15) is 0 Å². The number of para-hydroxylation sites is 1. The van der Waals surface area contributed by atoms with Crippen molar-refractivity contribution in [1.82, 2.24) is 14.8 Å². The van der Waals surface area contributed by atoms with Crippen LogP contribution >= 0.6 is 0 Å². The standard InChI is InChI=1S/C13H18N4/c1-3-11(9-14)13-16-15-10(2)17(13)12-7-5-4-6-8-12/h4-8,11H,3,9,14H2,1-2H3. The highest BCUT2D eigenvalue weighted by Gasteiger charge is 2.17. The van der Waals surface area contributed by atoms with Gasteiger partial charge < -0.3 is 5.73 Å². The summed E-state index contributed by atoms with van der Waals surface area (Å²) in [6.45, 7) is 4.69. The third kappa shape index (κ3) is 2.22. The molecule has 90 valence electrons. The van der Waals surface area contributed by atoms with Crippen molar-refractivity contribution in [3.63, 3.8) is 0 Å². The summed E-state index contributed by atoms with van der Waals surface area (Å²) in [5, 5.41) is 8.43. The van der Waals surface area contributed by atoms with E-state index in [1.807, 2.05) is 25.1 Å². The SMILES string of the molecule is CCC(CN)c1nnc(C)n1-c1ccccc1. The number of aryl methyl sites for hydroxylation is 1. The van der Waals surface area contributed by atoms with Crippen molar-refractivity contribution in [2.24, 2.45) is 5.73 Å². The first-order valence-electron chi connectivity index (χ1n) is 5.95. The zero-order chi connectivity index (χ0) is 12.3. The number of hydrogen-bond donors (Lipinski definition) is 1. The molecule has 17 heavy (non-hydrogen) atoms. The van der Waals surface area contributed by atoms with Crippen LogP contribution in [0.3, 0.4) is 0 Å². The third-order valence-electron chi connectivity index (χ3n) is 3.01. The van der Waals surface area contributed by atoms with Gasteiger partial charge in [0.1, 0.15) is 11.6 Å². The van der Waals surface area contributed by atoms with Gasteiger partial charge in [0.05, 0.1) is 0 Å². The van der Waals surface area contributed by atoms with Crippen LogP contribution in [-0.2, 0) is 0 Å². The van der Waals surface area contributed by atoms with Crippen LogP contribution in [0.15, 0.2) is 30.3 Å². The summed E-state index contributed by atoms with van der Waals surface area (Å²) in [6, 6.07) is 10.2. The molecule has 2 rings (SSSR count). The maximum absolute atomic E-state index is 5.79. The van der Waals surface area contributed by atoms with Crippen molar-refractivity contribution in [3.8, 4) is 5.69 Å². The van der Waals surface area contributed by atoms with Gasteiger partial charge in [0.15, 0.2) is 0 Å². The normalized spacial score (nSPS) is 12.6. The largest absolute Gasteiger partial charge is 0.330 e. The summed E-state index contributed by atoms with van der Waals surface area (Å²) in [4.78, 5) is 0. The molecule has 1 unspecified atom stereocenters. The molecule has 0 fully saturated rings. The second kappa shape index (κ2) is 5.10. The highest BCUT2D eigenvalue weighted by Crippen LogP contribution is 2.21. The Labute approximate surface area is 101 Å². The molecule has 1 aromatic heterocycles. The maximum Gasteiger partial charge on any atom is 0.141 e. The highest BCUT2D eigenvalue weighted by atomic mass is 15.3. The molecule has 2 aromatic rings. The van der Waals surface area contributed by atoms with E-state index in [-0.39, 0.29) is 5.92 Å². The molecular formula is C13H18N4. The summed E-state index contributed by atoms with van der Waals surface area (Å²) in [5.74, 6) is 2.12. The summed E-state index contributed by atoms with van der Waals surface area (Å²) in [6.07, 6.45) is 0.974. The lowest BCUT2D eigenvalue weighted by molar-refractivity contribution is 0.616. The van der Waals surface area contributed by atoms with Gasteiger partial charge in [0.25, 0.3) is 0 Å².